The number of benzene rings is 1. The molecule has 1 aliphatic heterocycles. The van der Waals surface area contributed by atoms with Gasteiger partial charge in [-0.25, -0.2) is 0 Å². The zero-order valence-corrected chi connectivity index (χ0v) is 11.4. The fourth-order valence-electron chi connectivity index (χ4n) is 2.59. The highest BCUT2D eigenvalue weighted by Gasteiger charge is 2.35. The molecular formula is C14H19NO4. The molecule has 5 nitrogen and oxygen atoms in total. The Hall–Kier alpha value is -1.75. The standard InChI is InChI=1S/C14H19NO4/c1-15-8-10(14(16)17)6-13(15)9-4-11(18-2)7-12(5-9)19-3/h4-5,7,10,13H,6,8H2,1-3H3,(H,16,17). The molecule has 1 N–H and O–H groups in total. The largest absolute Gasteiger partial charge is 0.497 e. The number of methoxy groups -OCH3 is 2. The van der Waals surface area contributed by atoms with Crippen LogP contribution in [-0.2, 0) is 4.79 Å². The van der Waals surface area contributed by atoms with Crippen LogP contribution in [0.5, 0.6) is 11.5 Å². The van der Waals surface area contributed by atoms with Gasteiger partial charge in [-0.05, 0) is 31.2 Å². The predicted molar refractivity (Wildman–Crippen MR) is 70.7 cm³/mol. The van der Waals surface area contributed by atoms with Crippen LogP contribution in [0.25, 0.3) is 0 Å². The minimum atomic E-state index is -0.732. The predicted octanol–water partition coefficient (Wildman–Crippen LogP) is 1.78. The van der Waals surface area contributed by atoms with Gasteiger partial charge in [-0.1, -0.05) is 0 Å². The van der Waals surface area contributed by atoms with Crippen molar-refractivity contribution in [3.05, 3.63) is 23.8 Å². The van der Waals surface area contributed by atoms with Crippen molar-refractivity contribution >= 4 is 5.97 Å². The molecule has 0 aliphatic carbocycles. The maximum Gasteiger partial charge on any atom is 0.307 e. The first kappa shape index (κ1) is 13.7. The molecule has 2 atom stereocenters. The molecule has 104 valence electrons. The molecule has 1 heterocycles. The topological polar surface area (TPSA) is 59.0 Å². The Morgan fingerprint density at radius 2 is 1.84 bits per heavy atom. The minimum Gasteiger partial charge on any atom is -0.497 e. The third kappa shape index (κ3) is 2.81. The van der Waals surface area contributed by atoms with Crippen LogP contribution in [0.15, 0.2) is 18.2 Å². The average Bonchev–Trinajstić information content (AvgIpc) is 2.80. The molecule has 5 heteroatoms. The molecule has 0 aromatic heterocycles. The zero-order chi connectivity index (χ0) is 14.0. The molecule has 2 rings (SSSR count). The Morgan fingerprint density at radius 1 is 1.26 bits per heavy atom. The highest BCUT2D eigenvalue weighted by Crippen LogP contribution is 2.37. The van der Waals surface area contributed by atoms with Crippen molar-refractivity contribution in [2.75, 3.05) is 27.8 Å². The van der Waals surface area contributed by atoms with Gasteiger partial charge in [-0.15, -0.1) is 0 Å². The van der Waals surface area contributed by atoms with Gasteiger partial charge in [0.1, 0.15) is 11.5 Å². The van der Waals surface area contributed by atoms with Gasteiger partial charge in [0.15, 0.2) is 0 Å². The van der Waals surface area contributed by atoms with Gasteiger partial charge in [0.2, 0.25) is 0 Å². The number of aliphatic carboxylic acids is 1. The minimum absolute atomic E-state index is 0.0881. The number of rotatable bonds is 4. The highest BCUT2D eigenvalue weighted by atomic mass is 16.5. The van der Waals surface area contributed by atoms with Crippen molar-refractivity contribution in [2.24, 2.45) is 5.92 Å². The molecule has 1 fully saturated rings. The van der Waals surface area contributed by atoms with E-state index >= 15 is 0 Å². The number of ether oxygens (including phenoxy) is 2. The summed E-state index contributed by atoms with van der Waals surface area (Å²) in [4.78, 5) is 13.2. The van der Waals surface area contributed by atoms with Gasteiger partial charge in [-0.3, -0.25) is 9.69 Å². The SMILES string of the molecule is COc1cc(OC)cc(C2CC(C(=O)O)CN2C)c1. The molecule has 1 aromatic rings. The van der Waals surface area contributed by atoms with Crippen LogP contribution in [0.1, 0.15) is 18.0 Å². The maximum atomic E-state index is 11.1. The molecule has 1 saturated heterocycles. The molecule has 0 saturated carbocycles. The van der Waals surface area contributed by atoms with E-state index in [0.29, 0.717) is 13.0 Å². The summed E-state index contributed by atoms with van der Waals surface area (Å²) in [5.41, 5.74) is 1.03. The second-order valence-electron chi connectivity index (χ2n) is 4.87. The lowest BCUT2D eigenvalue weighted by Crippen LogP contribution is -2.20. The first-order valence-electron chi connectivity index (χ1n) is 6.21. The maximum absolute atomic E-state index is 11.1. The molecule has 0 radical (unpaired) electrons. The van der Waals surface area contributed by atoms with Gasteiger partial charge < -0.3 is 14.6 Å². The summed E-state index contributed by atoms with van der Waals surface area (Å²) in [6.07, 6.45) is 0.613. The Kier molecular flexibility index (Phi) is 3.95. The van der Waals surface area contributed by atoms with Gasteiger partial charge >= 0.3 is 5.97 Å². The Balaban J connectivity index is 2.28. The van der Waals surface area contributed by atoms with E-state index in [9.17, 15) is 4.79 Å². The lowest BCUT2D eigenvalue weighted by molar-refractivity contribution is -0.141. The van der Waals surface area contributed by atoms with Crippen molar-refractivity contribution in [1.82, 2.24) is 4.90 Å². The van der Waals surface area contributed by atoms with Crippen LogP contribution in [0.3, 0.4) is 0 Å². The second kappa shape index (κ2) is 5.48. The van der Waals surface area contributed by atoms with Crippen LogP contribution in [0.4, 0.5) is 0 Å². The Bertz CT molecular complexity index is 452. The van der Waals surface area contributed by atoms with Gasteiger partial charge in [0.25, 0.3) is 0 Å². The van der Waals surface area contributed by atoms with E-state index in [2.05, 4.69) is 4.90 Å². The number of carboxylic acid groups (broad SMARTS) is 1. The van der Waals surface area contributed by atoms with Crippen LogP contribution >= 0.6 is 0 Å². The summed E-state index contributed by atoms with van der Waals surface area (Å²) < 4.78 is 10.5. The number of carboxylic acids is 1. The molecule has 0 spiro atoms. The van der Waals surface area contributed by atoms with Crippen LogP contribution in [0, 0.1) is 5.92 Å². The number of carbonyl (C=O) groups is 1. The van der Waals surface area contributed by atoms with E-state index in [1.165, 1.54) is 0 Å². The molecule has 0 bridgehead atoms. The summed E-state index contributed by atoms with van der Waals surface area (Å²) in [6.45, 7) is 0.569. The van der Waals surface area contributed by atoms with Gasteiger partial charge in [-0.2, -0.15) is 0 Å². The monoisotopic (exact) mass is 265 g/mol. The smallest absolute Gasteiger partial charge is 0.307 e. The molecule has 0 amide bonds. The van der Waals surface area contributed by atoms with Gasteiger partial charge in [0.05, 0.1) is 20.1 Å². The number of likely N-dealkylation sites (tertiary alicyclic amines) is 1. The van der Waals surface area contributed by atoms with E-state index in [-0.39, 0.29) is 12.0 Å². The van der Waals surface area contributed by atoms with Crippen LogP contribution in [0.2, 0.25) is 0 Å². The van der Waals surface area contributed by atoms with Crippen molar-refractivity contribution < 1.29 is 19.4 Å². The van der Waals surface area contributed by atoms with E-state index in [4.69, 9.17) is 14.6 Å². The van der Waals surface area contributed by atoms with Crippen LogP contribution < -0.4 is 9.47 Å². The molecule has 19 heavy (non-hydrogen) atoms. The number of hydrogen-bond acceptors (Lipinski definition) is 4. The van der Waals surface area contributed by atoms with E-state index in [0.717, 1.165) is 17.1 Å². The van der Waals surface area contributed by atoms with Gasteiger partial charge in [0, 0.05) is 18.7 Å². The van der Waals surface area contributed by atoms with E-state index in [1.54, 1.807) is 14.2 Å². The lowest BCUT2D eigenvalue weighted by Gasteiger charge is -2.20. The number of hydrogen-bond donors (Lipinski definition) is 1. The first-order valence-corrected chi connectivity index (χ1v) is 6.21. The fourth-order valence-corrected chi connectivity index (χ4v) is 2.59. The fraction of sp³-hybridized carbons (Fsp3) is 0.500. The third-order valence-electron chi connectivity index (χ3n) is 3.66. The second-order valence-corrected chi connectivity index (χ2v) is 4.87. The number of nitrogens with zero attached hydrogens (tertiary/aromatic N) is 1. The summed E-state index contributed by atoms with van der Waals surface area (Å²) in [5.74, 6) is 0.402. The summed E-state index contributed by atoms with van der Waals surface area (Å²) in [5, 5.41) is 9.12. The quantitative estimate of drug-likeness (QED) is 0.899. The van der Waals surface area contributed by atoms with E-state index < -0.39 is 5.97 Å². The van der Waals surface area contributed by atoms with Crippen molar-refractivity contribution in [3.8, 4) is 11.5 Å². The summed E-state index contributed by atoms with van der Waals surface area (Å²) in [7, 11) is 5.16. The zero-order valence-electron chi connectivity index (χ0n) is 11.4. The van der Waals surface area contributed by atoms with Crippen LogP contribution in [-0.4, -0.2) is 43.8 Å². The third-order valence-corrected chi connectivity index (χ3v) is 3.66. The summed E-state index contributed by atoms with van der Waals surface area (Å²) >= 11 is 0. The Morgan fingerprint density at radius 3 is 2.26 bits per heavy atom. The summed E-state index contributed by atoms with van der Waals surface area (Å²) in [6, 6.07) is 5.78. The van der Waals surface area contributed by atoms with E-state index in [1.807, 2.05) is 25.2 Å². The average molecular weight is 265 g/mol. The highest BCUT2D eigenvalue weighted by molar-refractivity contribution is 5.70. The van der Waals surface area contributed by atoms with Crippen molar-refractivity contribution in [2.45, 2.75) is 12.5 Å². The van der Waals surface area contributed by atoms with Crippen molar-refractivity contribution in [1.29, 1.82) is 0 Å². The Labute approximate surface area is 112 Å². The lowest BCUT2D eigenvalue weighted by atomic mass is 9.99. The van der Waals surface area contributed by atoms with Crippen molar-refractivity contribution in [3.63, 3.8) is 0 Å². The molecule has 1 aliphatic rings. The normalized spacial score (nSPS) is 23.3. The molecule has 1 aromatic carbocycles. The molecular weight excluding hydrogens is 246 g/mol. The first-order chi connectivity index (χ1) is 9.05. The molecule has 2 unspecified atom stereocenters.